The Hall–Kier alpha value is -1.52. The molecule has 1 aliphatic rings. The Labute approximate surface area is 82.3 Å². The van der Waals surface area contributed by atoms with E-state index in [1.807, 2.05) is 37.3 Å². The standard InChI is InChI=1S/C10H12N4/c1-7-9(10(11,12)14-13-7)8-5-3-2-4-6-8/h2-6H,11-12H2,1H3. The molecule has 0 aromatic heterocycles. The second kappa shape index (κ2) is 3.01. The lowest BCUT2D eigenvalue weighted by molar-refractivity contribution is 0.592. The molecule has 0 radical (unpaired) electrons. The summed E-state index contributed by atoms with van der Waals surface area (Å²) in [5.74, 6) is -1.18. The Morgan fingerprint density at radius 1 is 1.14 bits per heavy atom. The maximum Gasteiger partial charge on any atom is 0.208 e. The normalized spacial score (nSPS) is 19.1. The minimum absolute atomic E-state index is 0.779. The predicted octanol–water partition coefficient (Wildman–Crippen LogP) is 1.45. The molecule has 0 bridgehead atoms. The molecule has 4 N–H and O–H groups in total. The van der Waals surface area contributed by atoms with Gasteiger partial charge in [-0.1, -0.05) is 30.3 Å². The first-order chi connectivity index (χ1) is 6.61. The van der Waals surface area contributed by atoms with E-state index in [1.165, 1.54) is 0 Å². The van der Waals surface area contributed by atoms with E-state index < -0.39 is 5.79 Å². The van der Waals surface area contributed by atoms with Crippen LogP contribution in [0.1, 0.15) is 12.5 Å². The van der Waals surface area contributed by atoms with Crippen molar-refractivity contribution in [3.05, 3.63) is 41.6 Å². The molecule has 0 amide bonds. The van der Waals surface area contributed by atoms with Gasteiger partial charge in [-0.05, 0) is 12.5 Å². The summed E-state index contributed by atoms with van der Waals surface area (Å²) in [6.45, 7) is 1.85. The van der Waals surface area contributed by atoms with E-state index in [0.717, 1.165) is 16.8 Å². The van der Waals surface area contributed by atoms with E-state index in [-0.39, 0.29) is 0 Å². The van der Waals surface area contributed by atoms with Crippen LogP contribution in [0, 0.1) is 0 Å². The molecule has 0 aliphatic carbocycles. The maximum atomic E-state index is 5.80. The van der Waals surface area contributed by atoms with Crippen LogP contribution in [0.2, 0.25) is 0 Å². The van der Waals surface area contributed by atoms with Crippen LogP contribution in [0.5, 0.6) is 0 Å². The Balaban J connectivity index is 2.51. The number of rotatable bonds is 1. The topological polar surface area (TPSA) is 76.8 Å². The van der Waals surface area contributed by atoms with Gasteiger partial charge in [-0.2, -0.15) is 5.11 Å². The van der Waals surface area contributed by atoms with Gasteiger partial charge in [0.25, 0.3) is 0 Å². The average Bonchev–Trinajstić information content (AvgIpc) is 2.42. The Morgan fingerprint density at radius 2 is 1.79 bits per heavy atom. The number of benzene rings is 1. The molecule has 4 heteroatoms. The highest BCUT2D eigenvalue weighted by molar-refractivity contribution is 5.75. The van der Waals surface area contributed by atoms with Gasteiger partial charge in [-0.3, -0.25) is 11.5 Å². The smallest absolute Gasteiger partial charge is 0.208 e. The van der Waals surface area contributed by atoms with Crippen LogP contribution in [0.15, 0.2) is 46.3 Å². The van der Waals surface area contributed by atoms with Crippen molar-refractivity contribution < 1.29 is 0 Å². The third-order valence-electron chi connectivity index (χ3n) is 2.19. The van der Waals surface area contributed by atoms with Crippen molar-refractivity contribution in [3.8, 4) is 0 Å². The molecule has 0 saturated heterocycles. The lowest BCUT2D eigenvalue weighted by atomic mass is 9.99. The van der Waals surface area contributed by atoms with Crippen LogP contribution < -0.4 is 11.5 Å². The van der Waals surface area contributed by atoms with E-state index in [2.05, 4.69) is 10.2 Å². The van der Waals surface area contributed by atoms with E-state index in [4.69, 9.17) is 11.5 Å². The van der Waals surface area contributed by atoms with Gasteiger partial charge in [-0.25, -0.2) is 0 Å². The molecule has 0 saturated carbocycles. The Bertz CT molecular complexity index is 403. The molecule has 0 unspecified atom stereocenters. The van der Waals surface area contributed by atoms with Gasteiger partial charge in [-0.15, -0.1) is 5.11 Å². The average molecular weight is 188 g/mol. The molecule has 2 rings (SSSR count). The second-order valence-corrected chi connectivity index (χ2v) is 3.35. The molecule has 1 aromatic rings. The number of allylic oxidation sites excluding steroid dienone is 1. The van der Waals surface area contributed by atoms with Gasteiger partial charge in [0.05, 0.1) is 5.70 Å². The lowest BCUT2D eigenvalue weighted by Crippen LogP contribution is -2.47. The zero-order chi connectivity index (χ0) is 10.2. The molecule has 1 aromatic carbocycles. The fraction of sp³-hybridized carbons (Fsp3) is 0.200. The van der Waals surface area contributed by atoms with Crippen molar-refractivity contribution in [1.82, 2.24) is 0 Å². The molecular weight excluding hydrogens is 176 g/mol. The van der Waals surface area contributed by atoms with Gasteiger partial charge in [0.2, 0.25) is 5.79 Å². The van der Waals surface area contributed by atoms with Gasteiger partial charge in [0.1, 0.15) is 0 Å². The predicted molar refractivity (Wildman–Crippen MR) is 55.0 cm³/mol. The Morgan fingerprint density at radius 3 is 2.29 bits per heavy atom. The molecule has 1 heterocycles. The molecular formula is C10H12N4. The highest BCUT2D eigenvalue weighted by Gasteiger charge is 2.32. The van der Waals surface area contributed by atoms with Crippen molar-refractivity contribution in [2.24, 2.45) is 21.7 Å². The summed E-state index contributed by atoms with van der Waals surface area (Å²) in [6, 6.07) is 9.71. The van der Waals surface area contributed by atoms with Crippen molar-refractivity contribution >= 4 is 5.57 Å². The van der Waals surface area contributed by atoms with Crippen LogP contribution in [-0.2, 0) is 0 Å². The SMILES string of the molecule is CC1=C(c2ccccc2)C(N)(N)N=N1. The summed E-state index contributed by atoms with van der Waals surface area (Å²) in [5.41, 5.74) is 14.1. The molecule has 72 valence electrons. The van der Waals surface area contributed by atoms with Crippen molar-refractivity contribution in [2.75, 3.05) is 0 Å². The summed E-state index contributed by atoms with van der Waals surface area (Å²) < 4.78 is 0. The van der Waals surface area contributed by atoms with E-state index >= 15 is 0 Å². The first kappa shape index (κ1) is 9.05. The molecule has 1 aliphatic heterocycles. The molecule has 0 spiro atoms. The third kappa shape index (κ3) is 1.34. The summed E-state index contributed by atoms with van der Waals surface area (Å²) in [4.78, 5) is 0. The minimum Gasteiger partial charge on any atom is -0.289 e. The minimum atomic E-state index is -1.18. The quantitative estimate of drug-likeness (QED) is 0.654. The zero-order valence-corrected chi connectivity index (χ0v) is 7.94. The fourth-order valence-corrected chi connectivity index (χ4v) is 1.59. The van der Waals surface area contributed by atoms with Crippen LogP contribution in [0.4, 0.5) is 0 Å². The lowest BCUT2D eigenvalue weighted by Gasteiger charge is -2.17. The van der Waals surface area contributed by atoms with Gasteiger partial charge in [0, 0.05) is 5.57 Å². The number of hydrogen-bond donors (Lipinski definition) is 2. The van der Waals surface area contributed by atoms with E-state index in [0.29, 0.717) is 0 Å². The van der Waals surface area contributed by atoms with Crippen LogP contribution >= 0.6 is 0 Å². The highest BCUT2D eigenvalue weighted by atomic mass is 15.3. The molecule has 14 heavy (non-hydrogen) atoms. The monoisotopic (exact) mass is 188 g/mol. The van der Waals surface area contributed by atoms with Crippen molar-refractivity contribution in [3.63, 3.8) is 0 Å². The van der Waals surface area contributed by atoms with Gasteiger partial charge < -0.3 is 0 Å². The summed E-state index contributed by atoms with van der Waals surface area (Å²) in [6.07, 6.45) is 0. The summed E-state index contributed by atoms with van der Waals surface area (Å²) in [5, 5.41) is 7.71. The number of nitrogens with zero attached hydrogens (tertiary/aromatic N) is 2. The van der Waals surface area contributed by atoms with Crippen molar-refractivity contribution in [2.45, 2.75) is 12.7 Å². The maximum absolute atomic E-state index is 5.80. The zero-order valence-electron chi connectivity index (χ0n) is 7.94. The molecule has 0 fully saturated rings. The summed E-state index contributed by atoms with van der Waals surface area (Å²) >= 11 is 0. The van der Waals surface area contributed by atoms with E-state index in [9.17, 15) is 0 Å². The first-order valence-corrected chi connectivity index (χ1v) is 4.39. The molecule has 4 nitrogen and oxygen atoms in total. The van der Waals surface area contributed by atoms with Crippen LogP contribution in [0.3, 0.4) is 0 Å². The van der Waals surface area contributed by atoms with Gasteiger partial charge >= 0.3 is 0 Å². The van der Waals surface area contributed by atoms with E-state index in [1.54, 1.807) is 0 Å². The Kier molecular flexibility index (Phi) is 1.94. The third-order valence-corrected chi connectivity index (χ3v) is 2.19. The van der Waals surface area contributed by atoms with Crippen LogP contribution in [-0.4, -0.2) is 5.79 Å². The highest BCUT2D eigenvalue weighted by Crippen LogP contribution is 2.32. The second-order valence-electron chi connectivity index (χ2n) is 3.35. The number of nitrogens with two attached hydrogens (primary N) is 2. The first-order valence-electron chi connectivity index (χ1n) is 4.39. The van der Waals surface area contributed by atoms with Gasteiger partial charge in [0.15, 0.2) is 0 Å². The van der Waals surface area contributed by atoms with Crippen LogP contribution in [0.25, 0.3) is 5.57 Å². The largest absolute Gasteiger partial charge is 0.289 e. The number of azo groups is 1. The number of hydrogen-bond acceptors (Lipinski definition) is 4. The van der Waals surface area contributed by atoms with Crippen molar-refractivity contribution in [1.29, 1.82) is 0 Å². The summed E-state index contributed by atoms with van der Waals surface area (Å²) in [7, 11) is 0. The molecule has 0 atom stereocenters. The fourth-order valence-electron chi connectivity index (χ4n) is 1.59.